The zero-order chi connectivity index (χ0) is 13.8. The molecule has 0 spiro atoms. The number of benzene rings is 2. The fourth-order valence-corrected chi connectivity index (χ4v) is 2.09. The zero-order valence-electron chi connectivity index (χ0n) is 9.77. The minimum absolute atomic E-state index is 0.0963. The number of hydrogen-bond acceptors (Lipinski definition) is 3. The normalized spacial score (nSPS) is 10.2. The highest BCUT2D eigenvalue weighted by molar-refractivity contribution is 9.10. The lowest BCUT2D eigenvalue weighted by Crippen LogP contribution is -2.04. The van der Waals surface area contributed by atoms with Gasteiger partial charge in [0.25, 0.3) is 5.69 Å². The number of hydrogen-bond donors (Lipinski definition) is 1. The molecule has 0 saturated carbocycles. The summed E-state index contributed by atoms with van der Waals surface area (Å²) in [6, 6.07) is 10.8. The molecule has 0 bridgehead atoms. The summed E-state index contributed by atoms with van der Waals surface area (Å²) in [4.78, 5) is 10.3. The summed E-state index contributed by atoms with van der Waals surface area (Å²) in [6.45, 7) is 0.177. The van der Waals surface area contributed by atoms with Gasteiger partial charge >= 0.3 is 0 Å². The smallest absolute Gasteiger partial charge is 0.274 e. The third-order valence-electron chi connectivity index (χ3n) is 2.58. The van der Waals surface area contributed by atoms with Gasteiger partial charge in [0.15, 0.2) is 0 Å². The minimum atomic E-state index is -0.517. The van der Waals surface area contributed by atoms with Gasteiger partial charge in [-0.1, -0.05) is 12.1 Å². The maximum atomic E-state index is 13.2. The molecule has 6 heteroatoms. The number of nitrogens with zero attached hydrogens (tertiary/aromatic N) is 1. The Kier molecular flexibility index (Phi) is 4.11. The van der Waals surface area contributed by atoms with E-state index >= 15 is 0 Å². The maximum absolute atomic E-state index is 13.2. The van der Waals surface area contributed by atoms with Crippen LogP contribution in [0.15, 0.2) is 46.9 Å². The number of nitro groups is 1. The molecule has 0 heterocycles. The molecule has 1 N–H and O–H groups in total. The summed E-state index contributed by atoms with van der Waals surface area (Å²) >= 11 is 3.36. The largest absolute Gasteiger partial charge is 0.380 e. The van der Waals surface area contributed by atoms with E-state index in [1.165, 1.54) is 12.1 Å². The molecule has 2 aromatic carbocycles. The molecule has 0 saturated heterocycles. The molecule has 0 fully saturated rings. The van der Waals surface area contributed by atoms with E-state index in [0.717, 1.165) is 16.2 Å². The van der Waals surface area contributed by atoms with Gasteiger partial charge in [0.2, 0.25) is 0 Å². The van der Waals surface area contributed by atoms with Gasteiger partial charge in [-0.15, -0.1) is 0 Å². The quantitative estimate of drug-likeness (QED) is 0.680. The highest BCUT2D eigenvalue weighted by Gasteiger charge is 2.14. The Labute approximate surface area is 117 Å². The Morgan fingerprint density at radius 1 is 1.26 bits per heavy atom. The van der Waals surface area contributed by atoms with Crippen LogP contribution in [0.1, 0.15) is 5.56 Å². The van der Waals surface area contributed by atoms with Gasteiger partial charge in [-0.2, -0.15) is 0 Å². The first-order chi connectivity index (χ1) is 9.08. The molecule has 98 valence electrons. The molecule has 2 rings (SSSR count). The molecule has 0 aliphatic rings. The van der Waals surface area contributed by atoms with Crippen molar-refractivity contribution in [3.8, 4) is 0 Å². The van der Waals surface area contributed by atoms with Gasteiger partial charge < -0.3 is 5.32 Å². The average Bonchev–Trinajstić information content (AvgIpc) is 2.37. The number of anilines is 1. The number of para-hydroxylation sites is 1. The molecule has 0 aliphatic heterocycles. The fourth-order valence-electron chi connectivity index (χ4n) is 1.67. The van der Waals surface area contributed by atoms with E-state index in [9.17, 15) is 14.5 Å². The Bertz CT molecular complexity index is 619. The summed E-state index contributed by atoms with van der Waals surface area (Å²) in [7, 11) is 0. The summed E-state index contributed by atoms with van der Waals surface area (Å²) in [5.74, 6) is -0.491. The SMILES string of the molecule is O=[N+]([O-])c1ccc(F)cc1CNc1ccccc1Br. The molecule has 19 heavy (non-hydrogen) atoms. The van der Waals surface area contributed by atoms with Gasteiger partial charge in [0, 0.05) is 22.8 Å². The van der Waals surface area contributed by atoms with Crippen LogP contribution in [0.25, 0.3) is 0 Å². The average molecular weight is 325 g/mol. The van der Waals surface area contributed by atoms with Gasteiger partial charge in [-0.25, -0.2) is 4.39 Å². The number of nitrogens with one attached hydrogen (secondary N) is 1. The van der Waals surface area contributed by atoms with Gasteiger partial charge in [-0.05, 0) is 40.2 Å². The third-order valence-corrected chi connectivity index (χ3v) is 3.27. The van der Waals surface area contributed by atoms with Crippen molar-refractivity contribution in [3.63, 3.8) is 0 Å². The Hall–Kier alpha value is -1.95. The van der Waals surface area contributed by atoms with Crippen LogP contribution < -0.4 is 5.32 Å². The predicted octanol–water partition coefficient (Wildman–Crippen LogP) is 4.11. The summed E-state index contributed by atoms with van der Waals surface area (Å²) in [6.07, 6.45) is 0. The number of nitro benzene ring substituents is 1. The summed E-state index contributed by atoms with van der Waals surface area (Å²) < 4.78 is 14.0. The zero-order valence-corrected chi connectivity index (χ0v) is 11.4. The van der Waals surface area contributed by atoms with Gasteiger partial charge in [0.05, 0.1) is 10.5 Å². The van der Waals surface area contributed by atoms with E-state index < -0.39 is 10.7 Å². The first-order valence-corrected chi connectivity index (χ1v) is 6.28. The molecular weight excluding hydrogens is 315 g/mol. The molecule has 0 aliphatic carbocycles. The highest BCUT2D eigenvalue weighted by Crippen LogP contribution is 2.24. The molecular formula is C13H10BrFN2O2. The summed E-state index contributed by atoms with van der Waals surface area (Å²) in [5, 5.41) is 13.9. The predicted molar refractivity (Wildman–Crippen MR) is 74.5 cm³/mol. The Balaban J connectivity index is 2.22. The Morgan fingerprint density at radius 2 is 2.00 bits per heavy atom. The van der Waals surface area contributed by atoms with Crippen LogP contribution in [0.2, 0.25) is 0 Å². The lowest BCUT2D eigenvalue weighted by Gasteiger charge is -2.08. The monoisotopic (exact) mass is 324 g/mol. The third kappa shape index (κ3) is 3.29. The fraction of sp³-hybridized carbons (Fsp3) is 0.0769. The molecule has 0 amide bonds. The first-order valence-electron chi connectivity index (χ1n) is 5.49. The lowest BCUT2D eigenvalue weighted by atomic mass is 10.1. The van der Waals surface area contributed by atoms with E-state index in [0.29, 0.717) is 5.56 Å². The second kappa shape index (κ2) is 5.79. The van der Waals surface area contributed by atoms with Crippen LogP contribution in [0.3, 0.4) is 0 Å². The van der Waals surface area contributed by atoms with Crippen LogP contribution in [0, 0.1) is 15.9 Å². The number of halogens is 2. The van der Waals surface area contributed by atoms with Crippen molar-refractivity contribution >= 4 is 27.3 Å². The van der Waals surface area contributed by atoms with Crippen LogP contribution >= 0.6 is 15.9 Å². The second-order valence-corrected chi connectivity index (χ2v) is 4.72. The van der Waals surface area contributed by atoms with E-state index in [2.05, 4.69) is 21.2 Å². The minimum Gasteiger partial charge on any atom is -0.380 e. The van der Waals surface area contributed by atoms with Crippen LogP contribution in [0.5, 0.6) is 0 Å². The van der Waals surface area contributed by atoms with Crippen LogP contribution in [-0.4, -0.2) is 4.92 Å². The first kappa shape index (κ1) is 13.5. The lowest BCUT2D eigenvalue weighted by molar-refractivity contribution is -0.385. The topological polar surface area (TPSA) is 55.2 Å². The second-order valence-electron chi connectivity index (χ2n) is 3.86. The van der Waals surface area contributed by atoms with Crippen molar-refractivity contribution in [1.82, 2.24) is 0 Å². The van der Waals surface area contributed by atoms with E-state index in [1.54, 1.807) is 0 Å². The number of rotatable bonds is 4. The molecule has 0 unspecified atom stereocenters. The standard InChI is InChI=1S/C13H10BrFN2O2/c14-11-3-1-2-4-12(11)16-8-9-7-10(15)5-6-13(9)17(18)19/h1-7,16H,8H2. The van der Waals surface area contributed by atoms with E-state index in [1.807, 2.05) is 24.3 Å². The van der Waals surface area contributed by atoms with Crippen LogP contribution in [0.4, 0.5) is 15.8 Å². The highest BCUT2D eigenvalue weighted by atomic mass is 79.9. The molecule has 0 aromatic heterocycles. The van der Waals surface area contributed by atoms with Crippen molar-refractivity contribution in [2.24, 2.45) is 0 Å². The molecule has 2 aromatic rings. The van der Waals surface area contributed by atoms with E-state index in [4.69, 9.17) is 0 Å². The van der Waals surface area contributed by atoms with Gasteiger partial charge in [-0.3, -0.25) is 10.1 Å². The molecule has 4 nitrogen and oxygen atoms in total. The molecule has 0 radical (unpaired) electrons. The maximum Gasteiger partial charge on any atom is 0.274 e. The summed E-state index contributed by atoms with van der Waals surface area (Å²) in [5.41, 5.74) is 1.00. The van der Waals surface area contributed by atoms with Crippen molar-refractivity contribution in [2.75, 3.05) is 5.32 Å². The molecule has 0 atom stereocenters. The Morgan fingerprint density at radius 3 is 2.68 bits per heavy atom. The van der Waals surface area contributed by atoms with Crippen molar-refractivity contribution in [3.05, 3.63) is 68.4 Å². The van der Waals surface area contributed by atoms with E-state index in [-0.39, 0.29) is 12.2 Å². The van der Waals surface area contributed by atoms with Crippen molar-refractivity contribution < 1.29 is 9.31 Å². The van der Waals surface area contributed by atoms with Crippen molar-refractivity contribution in [2.45, 2.75) is 6.54 Å². The van der Waals surface area contributed by atoms with Crippen molar-refractivity contribution in [1.29, 1.82) is 0 Å². The van der Waals surface area contributed by atoms with Crippen LogP contribution in [-0.2, 0) is 6.54 Å². The van der Waals surface area contributed by atoms with Gasteiger partial charge in [0.1, 0.15) is 5.82 Å².